The highest BCUT2D eigenvalue weighted by Crippen LogP contribution is 2.52. The van der Waals surface area contributed by atoms with Crippen LogP contribution in [-0.2, 0) is 23.8 Å². The minimum atomic E-state index is -0.147. The van der Waals surface area contributed by atoms with Crippen LogP contribution in [-0.4, -0.2) is 39.6 Å². The summed E-state index contributed by atoms with van der Waals surface area (Å²) in [6.45, 7) is 1.12. The van der Waals surface area contributed by atoms with Gasteiger partial charge in [0.2, 0.25) is 5.91 Å². The summed E-state index contributed by atoms with van der Waals surface area (Å²) in [4.78, 5) is 26.8. The SMILES string of the molecule is Cn1nccc1CNC(=O)CN1CC2(CC2)c2cc(Br)ccc2C1=O. The number of carbonyl (C=O) groups excluding carboxylic acids is 2. The van der Waals surface area contributed by atoms with Crippen molar-refractivity contribution in [2.24, 2.45) is 7.05 Å². The molecule has 2 heterocycles. The highest BCUT2D eigenvalue weighted by molar-refractivity contribution is 9.10. The fourth-order valence-corrected chi connectivity index (χ4v) is 3.89. The summed E-state index contributed by atoms with van der Waals surface area (Å²) in [7, 11) is 1.83. The number of hydrogen-bond acceptors (Lipinski definition) is 3. The zero-order valence-corrected chi connectivity index (χ0v) is 15.5. The molecule has 2 aromatic rings. The quantitative estimate of drug-likeness (QED) is 0.849. The van der Waals surface area contributed by atoms with Crippen LogP contribution in [0, 0.1) is 0 Å². The molecule has 1 spiro atoms. The number of hydrogen-bond donors (Lipinski definition) is 1. The molecule has 6 nitrogen and oxygen atoms in total. The fraction of sp³-hybridized carbons (Fsp3) is 0.389. The van der Waals surface area contributed by atoms with Crippen LogP contribution in [0.4, 0.5) is 0 Å². The van der Waals surface area contributed by atoms with E-state index in [0.717, 1.165) is 34.1 Å². The van der Waals surface area contributed by atoms with Crippen LogP contribution < -0.4 is 5.32 Å². The Balaban J connectivity index is 1.46. The smallest absolute Gasteiger partial charge is 0.254 e. The molecular formula is C18H19BrN4O2. The number of amides is 2. The second kappa shape index (κ2) is 5.98. The number of rotatable bonds is 4. The summed E-state index contributed by atoms with van der Waals surface area (Å²) in [6.07, 6.45) is 3.83. The first-order chi connectivity index (χ1) is 12.0. The number of benzene rings is 1. The van der Waals surface area contributed by atoms with E-state index < -0.39 is 0 Å². The summed E-state index contributed by atoms with van der Waals surface area (Å²) in [5, 5.41) is 6.95. The van der Waals surface area contributed by atoms with Gasteiger partial charge in [-0.3, -0.25) is 14.3 Å². The molecule has 1 aromatic heterocycles. The highest BCUT2D eigenvalue weighted by atomic mass is 79.9. The summed E-state index contributed by atoms with van der Waals surface area (Å²) >= 11 is 3.49. The van der Waals surface area contributed by atoms with Gasteiger partial charge in [-0.1, -0.05) is 15.9 Å². The molecule has 1 aliphatic carbocycles. The van der Waals surface area contributed by atoms with Gasteiger partial charge in [0.25, 0.3) is 5.91 Å². The molecule has 0 unspecified atom stereocenters. The van der Waals surface area contributed by atoms with E-state index in [9.17, 15) is 9.59 Å². The Bertz CT molecular complexity index is 857. The molecule has 1 saturated carbocycles. The Labute approximate surface area is 154 Å². The standard InChI is InChI=1S/C18H19BrN4O2/c1-22-13(4-7-21-22)9-20-16(24)10-23-11-18(5-6-18)15-8-12(19)2-3-14(15)17(23)25/h2-4,7-8H,5-6,9-11H2,1H3,(H,20,24). The topological polar surface area (TPSA) is 67.2 Å². The van der Waals surface area contributed by atoms with Crippen molar-refractivity contribution in [3.63, 3.8) is 0 Å². The third-order valence-corrected chi connectivity index (χ3v) is 5.63. The van der Waals surface area contributed by atoms with Gasteiger partial charge in [-0.25, -0.2) is 0 Å². The van der Waals surface area contributed by atoms with Crippen LogP contribution in [0.25, 0.3) is 0 Å². The molecule has 130 valence electrons. The maximum absolute atomic E-state index is 12.8. The predicted molar refractivity (Wildman–Crippen MR) is 96.0 cm³/mol. The van der Waals surface area contributed by atoms with E-state index in [1.807, 2.05) is 25.2 Å². The van der Waals surface area contributed by atoms with Crippen LogP contribution in [0.5, 0.6) is 0 Å². The van der Waals surface area contributed by atoms with Crippen LogP contribution in [0.3, 0.4) is 0 Å². The van der Waals surface area contributed by atoms with Crippen molar-refractivity contribution in [1.29, 1.82) is 0 Å². The number of aryl methyl sites for hydroxylation is 1. The molecule has 0 atom stereocenters. The van der Waals surface area contributed by atoms with Gasteiger partial charge in [-0.05, 0) is 42.7 Å². The first-order valence-electron chi connectivity index (χ1n) is 8.31. The van der Waals surface area contributed by atoms with Gasteiger partial charge in [-0.15, -0.1) is 0 Å². The second-order valence-corrected chi connectivity index (χ2v) is 7.77. The number of nitrogens with one attached hydrogen (secondary N) is 1. The molecule has 0 radical (unpaired) electrons. The minimum Gasteiger partial charge on any atom is -0.349 e. The van der Waals surface area contributed by atoms with Crippen molar-refractivity contribution in [3.8, 4) is 0 Å². The predicted octanol–water partition coefficient (Wildman–Crippen LogP) is 1.99. The Morgan fingerprint density at radius 1 is 1.36 bits per heavy atom. The third-order valence-electron chi connectivity index (χ3n) is 5.14. The molecule has 2 aliphatic rings. The van der Waals surface area contributed by atoms with Gasteiger partial charge < -0.3 is 10.2 Å². The summed E-state index contributed by atoms with van der Waals surface area (Å²) in [5.41, 5.74) is 2.81. The van der Waals surface area contributed by atoms with E-state index >= 15 is 0 Å². The van der Waals surface area contributed by atoms with Crippen LogP contribution >= 0.6 is 15.9 Å². The summed E-state index contributed by atoms with van der Waals surface area (Å²) < 4.78 is 2.72. The molecule has 25 heavy (non-hydrogen) atoms. The lowest BCUT2D eigenvalue weighted by molar-refractivity contribution is -0.122. The number of fused-ring (bicyclic) bond motifs is 2. The zero-order chi connectivity index (χ0) is 17.6. The van der Waals surface area contributed by atoms with E-state index in [2.05, 4.69) is 32.4 Å². The molecule has 4 rings (SSSR count). The van der Waals surface area contributed by atoms with Crippen LogP contribution in [0.2, 0.25) is 0 Å². The maximum Gasteiger partial charge on any atom is 0.254 e. The lowest BCUT2D eigenvalue weighted by Crippen LogP contribution is -2.47. The van der Waals surface area contributed by atoms with Gasteiger partial charge in [0.1, 0.15) is 0 Å². The van der Waals surface area contributed by atoms with Gasteiger partial charge in [0.05, 0.1) is 18.8 Å². The first-order valence-corrected chi connectivity index (χ1v) is 9.11. The third kappa shape index (κ3) is 2.97. The van der Waals surface area contributed by atoms with Gasteiger partial charge in [0.15, 0.2) is 0 Å². The molecule has 1 aromatic carbocycles. The Kier molecular flexibility index (Phi) is 3.91. The average Bonchev–Trinajstić information content (AvgIpc) is 3.24. The van der Waals surface area contributed by atoms with Crippen LogP contribution in [0.15, 0.2) is 34.9 Å². The molecular weight excluding hydrogens is 384 g/mol. The summed E-state index contributed by atoms with van der Waals surface area (Å²) in [5.74, 6) is -0.207. The Morgan fingerprint density at radius 2 is 2.16 bits per heavy atom. The molecule has 0 saturated heterocycles. The maximum atomic E-state index is 12.8. The van der Waals surface area contributed by atoms with Gasteiger partial charge in [-0.2, -0.15) is 5.10 Å². The lowest BCUT2D eigenvalue weighted by Gasteiger charge is -2.34. The molecule has 2 amide bonds. The van der Waals surface area contributed by atoms with E-state index in [0.29, 0.717) is 13.1 Å². The zero-order valence-electron chi connectivity index (χ0n) is 14.0. The van der Waals surface area contributed by atoms with E-state index in [-0.39, 0.29) is 23.8 Å². The van der Waals surface area contributed by atoms with E-state index in [1.165, 1.54) is 0 Å². The normalized spacial score (nSPS) is 17.5. The van der Waals surface area contributed by atoms with Crippen molar-refractivity contribution in [2.75, 3.05) is 13.1 Å². The molecule has 1 aliphatic heterocycles. The van der Waals surface area contributed by atoms with Crippen molar-refractivity contribution in [1.82, 2.24) is 20.0 Å². The molecule has 1 fully saturated rings. The van der Waals surface area contributed by atoms with Crippen molar-refractivity contribution in [2.45, 2.75) is 24.8 Å². The van der Waals surface area contributed by atoms with Gasteiger partial charge in [0, 0.05) is 35.2 Å². The van der Waals surface area contributed by atoms with E-state index in [1.54, 1.807) is 15.8 Å². The average molecular weight is 403 g/mol. The minimum absolute atomic E-state index is 0.0370. The number of nitrogens with zero attached hydrogens (tertiary/aromatic N) is 3. The largest absolute Gasteiger partial charge is 0.349 e. The van der Waals surface area contributed by atoms with Crippen LogP contribution in [0.1, 0.15) is 34.5 Å². The number of aromatic nitrogens is 2. The second-order valence-electron chi connectivity index (χ2n) is 6.85. The fourth-order valence-electron chi connectivity index (χ4n) is 3.53. The Hall–Kier alpha value is -2.15. The number of halogens is 1. The summed E-state index contributed by atoms with van der Waals surface area (Å²) in [6, 6.07) is 7.67. The Morgan fingerprint density at radius 3 is 2.84 bits per heavy atom. The number of carbonyl (C=O) groups is 2. The van der Waals surface area contributed by atoms with E-state index in [4.69, 9.17) is 0 Å². The van der Waals surface area contributed by atoms with Crippen molar-refractivity contribution < 1.29 is 9.59 Å². The molecule has 0 bridgehead atoms. The van der Waals surface area contributed by atoms with Gasteiger partial charge >= 0.3 is 0 Å². The lowest BCUT2D eigenvalue weighted by atomic mass is 9.86. The first kappa shape index (κ1) is 16.3. The highest BCUT2D eigenvalue weighted by Gasteiger charge is 2.51. The van der Waals surface area contributed by atoms with Crippen molar-refractivity contribution >= 4 is 27.7 Å². The molecule has 7 heteroatoms. The van der Waals surface area contributed by atoms with Crippen molar-refractivity contribution in [3.05, 3.63) is 51.8 Å². The molecule has 1 N–H and O–H groups in total. The monoisotopic (exact) mass is 402 g/mol.